The van der Waals surface area contributed by atoms with Crippen LogP contribution in [-0.4, -0.2) is 45.5 Å². The molecule has 0 amide bonds. The van der Waals surface area contributed by atoms with Crippen molar-refractivity contribution in [2.45, 2.75) is 38.5 Å². The smallest absolute Gasteiger partial charge is 0.0724 e. The molecular formula is C22H29N4P. The van der Waals surface area contributed by atoms with E-state index in [1.165, 1.54) is 70.3 Å². The lowest BCUT2D eigenvalue weighted by Gasteiger charge is -2.41. The summed E-state index contributed by atoms with van der Waals surface area (Å²) in [6.45, 7) is 4.87. The van der Waals surface area contributed by atoms with E-state index in [1.54, 1.807) is 0 Å². The van der Waals surface area contributed by atoms with Crippen molar-refractivity contribution in [1.29, 1.82) is 0 Å². The summed E-state index contributed by atoms with van der Waals surface area (Å²) >= 11 is 0. The normalized spacial score (nSPS) is 19.1. The Morgan fingerprint density at radius 2 is 1.19 bits per heavy atom. The summed E-state index contributed by atoms with van der Waals surface area (Å²) in [6.07, 6.45) is 11.8. The van der Waals surface area contributed by atoms with Crippen LogP contribution in [-0.2, 0) is 0 Å². The molecule has 0 aromatic carbocycles. The molecule has 2 aromatic heterocycles. The Bertz CT molecular complexity index is 663. The van der Waals surface area contributed by atoms with Crippen LogP contribution in [0.15, 0.2) is 54.6 Å². The van der Waals surface area contributed by atoms with Crippen molar-refractivity contribution in [1.82, 2.24) is 19.3 Å². The second-order valence-electron chi connectivity index (χ2n) is 7.32. The fourth-order valence-corrected chi connectivity index (χ4v) is 6.49. The number of rotatable bonds is 5. The molecule has 0 spiro atoms. The highest BCUT2D eigenvalue weighted by Gasteiger charge is 2.27. The van der Waals surface area contributed by atoms with Gasteiger partial charge in [-0.15, -0.1) is 0 Å². The number of piperidine rings is 2. The molecule has 0 bridgehead atoms. The molecule has 2 fully saturated rings. The Kier molecular flexibility index (Phi) is 6.62. The van der Waals surface area contributed by atoms with Crippen LogP contribution in [0.2, 0.25) is 0 Å². The first kappa shape index (κ1) is 18.7. The first-order valence-corrected chi connectivity index (χ1v) is 11.6. The molecule has 0 saturated carbocycles. The SMILES string of the molecule is C(=C(c1ccccn1)c1ccccn1)P(N1CCCCC1)N1CCCCC1. The maximum Gasteiger partial charge on any atom is 0.0724 e. The molecule has 0 atom stereocenters. The van der Waals surface area contributed by atoms with E-state index < -0.39 is 8.22 Å². The minimum Gasteiger partial charge on any atom is -0.267 e. The van der Waals surface area contributed by atoms with Gasteiger partial charge in [-0.3, -0.25) is 19.3 Å². The zero-order valence-corrected chi connectivity index (χ0v) is 16.9. The summed E-state index contributed by atoms with van der Waals surface area (Å²) in [4.78, 5) is 9.33. The number of aromatic nitrogens is 2. The van der Waals surface area contributed by atoms with Crippen molar-refractivity contribution in [3.63, 3.8) is 0 Å². The zero-order chi connectivity index (χ0) is 18.3. The van der Waals surface area contributed by atoms with Crippen molar-refractivity contribution in [3.05, 3.63) is 66.0 Å². The van der Waals surface area contributed by atoms with Crippen LogP contribution >= 0.6 is 8.22 Å². The second-order valence-corrected chi connectivity index (χ2v) is 9.35. The van der Waals surface area contributed by atoms with E-state index in [9.17, 15) is 0 Å². The van der Waals surface area contributed by atoms with Crippen molar-refractivity contribution in [2.24, 2.45) is 0 Å². The van der Waals surface area contributed by atoms with E-state index in [-0.39, 0.29) is 0 Å². The lowest BCUT2D eigenvalue weighted by Crippen LogP contribution is -2.34. The summed E-state index contributed by atoms with van der Waals surface area (Å²) in [5, 5.41) is 0. The molecular weight excluding hydrogens is 351 g/mol. The monoisotopic (exact) mass is 380 g/mol. The molecule has 5 heteroatoms. The fraction of sp³-hybridized carbons (Fsp3) is 0.455. The number of hydrogen-bond acceptors (Lipinski definition) is 4. The van der Waals surface area contributed by atoms with Crippen LogP contribution in [0.3, 0.4) is 0 Å². The summed E-state index contributed by atoms with van der Waals surface area (Å²) in [5.41, 5.74) is 3.23. The Labute approximate surface area is 164 Å². The minimum atomic E-state index is -0.459. The van der Waals surface area contributed by atoms with Crippen LogP contribution in [0.25, 0.3) is 5.57 Å². The van der Waals surface area contributed by atoms with Gasteiger partial charge >= 0.3 is 0 Å². The van der Waals surface area contributed by atoms with Gasteiger partial charge in [-0.1, -0.05) is 25.0 Å². The molecule has 4 nitrogen and oxygen atoms in total. The number of pyridine rings is 2. The second kappa shape index (κ2) is 9.54. The van der Waals surface area contributed by atoms with E-state index in [1.807, 2.05) is 24.5 Å². The lowest BCUT2D eigenvalue weighted by atomic mass is 10.1. The number of nitrogens with zero attached hydrogens (tertiary/aromatic N) is 4. The third kappa shape index (κ3) is 4.82. The molecule has 0 aliphatic carbocycles. The molecule has 2 aliphatic rings. The van der Waals surface area contributed by atoms with E-state index in [2.05, 4.69) is 49.4 Å². The fourth-order valence-electron chi connectivity index (χ4n) is 3.93. The van der Waals surface area contributed by atoms with Gasteiger partial charge in [0, 0.05) is 44.1 Å². The highest BCUT2D eigenvalue weighted by molar-refractivity contribution is 7.56. The third-order valence-corrected chi connectivity index (χ3v) is 7.82. The molecule has 27 heavy (non-hydrogen) atoms. The molecule has 4 rings (SSSR count). The Morgan fingerprint density at radius 1 is 0.704 bits per heavy atom. The average molecular weight is 380 g/mol. The van der Waals surface area contributed by atoms with Gasteiger partial charge in [0.05, 0.1) is 19.6 Å². The van der Waals surface area contributed by atoms with Gasteiger partial charge in [0.2, 0.25) is 0 Å². The van der Waals surface area contributed by atoms with Gasteiger partial charge in [-0.05, 0) is 55.8 Å². The molecule has 2 saturated heterocycles. The van der Waals surface area contributed by atoms with Gasteiger partial charge in [0.1, 0.15) is 0 Å². The van der Waals surface area contributed by atoms with E-state index in [0.717, 1.165) is 11.4 Å². The Balaban J connectivity index is 1.73. The molecule has 2 aliphatic heterocycles. The van der Waals surface area contributed by atoms with E-state index in [4.69, 9.17) is 0 Å². The predicted molar refractivity (Wildman–Crippen MR) is 113 cm³/mol. The number of hydrogen-bond donors (Lipinski definition) is 0. The van der Waals surface area contributed by atoms with Crippen molar-refractivity contribution in [3.8, 4) is 0 Å². The van der Waals surface area contributed by atoms with E-state index in [0.29, 0.717) is 0 Å². The van der Waals surface area contributed by atoms with Gasteiger partial charge in [-0.25, -0.2) is 0 Å². The van der Waals surface area contributed by atoms with Gasteiger partial charge in [-0.2, -0.15) is 0 Å². The topological polar surface area (TPSA) is 32.3 Å². The summed E-state index contributed by atoms with van der Waals surface area (Å²) in [7, 11) is -0.459. The summed E-state index contributed by atoms with van der Waals surface area (Å²) in [6, 6.07) is 12.3. The van der Waals surface area contributed by atoms with Crippen molar-refractivity contribution in [2.75, 3.05) is 26.2 Å². The maximum absolute atomic E-state index is 4.66. The zero-order valence-electron chi connectivity index (χ0n) is 16.0. The van der Waals surface area contributed by atoms with E-state index >= 15 is 0 Å². The van der Waals surface area contributed by atoms with Crippen LogP contribution in [0.1, 0.15) is 49.9 Å². The van der Waals surface area contributed by atoms with Crippen LogP contribution in [0, 0.1) is 0 Å². The van der Waals surface area contributed by atoms with Crippen LogP contribution in [0.4, 0.5) is 0 Å². The van der Waals surface area contributed by atoms with Gasteiger partial charge in [0.25, 0.3) is 0 Å². The third-order valence-electron chi connectivity index (χ3n) is 5.37. The Morgan fingerprint density at radius 3 is 1.59 bits per heavy atom. The van der Waals surface area contributed by atoms with Crippen molar-refractivity contribution < 1.29 is 0 Å². The quantitative estimate of drug-likeness (QED) is 0.672. The minimum absolute atomic E-state index is 0.459. The molecule has 0 radical (unpaired) electrons. The maximum atomic E-state index is 4.66. The van der Waals surface area contributed by atoms with Crippen LogP contribution in [0.5, 0.6) is 0 Å². The van der Waals surface area contributed by atoms with Gasteiger partial charge in [0.15, 0.2) is 0 Å². The summed E-state index contributed by atoms with van der Waals surface area (Å²) < 4.78 is 5.46. The largest absolute Gasteiger partial charge is 0.267 e. The molecule has 4 heterocycles. The van der Waals surface area contributed by atoms with Gasteiger partial charge < -0.3 is 0 Å². The standard InChI is InChI=1S/C22H29N4P/c1-7-15-25(16-8-1)27(26-17-9-2-10-18-26)19-20(21-11-3-5-13-23-21)22-12-4-6-14-24-22/h3-6,11-14,19H,1-2,7-10,15-18H2. The highest BCUT2D eigenvalue weighted by Crippen LogP contribution is 2.50. The predicted octanol–water partition coefficient (Wildman–Crippen LogP) is 5.15. The highest BCUT2D eigenvalue weighted by atomic mass is 31.1. The first-order chi connectivity index (χ1) is 13.4. The lowest BCUT2D eigenvalue weighted by molar-refractivity contribution is 0.314. The summed E-state index contributed by atoms with van der Waals surface area (Å²) in [5.74, 6) is 2.50. The molecule has 2 aromatic rings. The first-order valence-electron chi connectivity index (χ1n) is 10.3. The molecule has 0 unspecified atom stereocenters. The Hall–Kier alpha value is -1.61. The molecule has 142 valence electrons. The van der Waals surface area contributed by atoms with Crippen molar-refractivity contribution >= 4 is 13.8 Å². The van der Waals surface area contributed by atoms with Crippen LogP contribution < -0.4 is 0 Å². The molecule has 0 N–H and O–H groups in total. The average Bonchev–Trinajstić information content (AvgIpc) is 2.77.